The van der Waals surface area contributed by atoms with Gasteiger partial charge in [-0.2, -0.15) is 23.3 Å². The summed E-state index contributed by atoms with van der Waals surface area (Å²) in [6.07, 6.45) is 3.74. The first-order valence-electron chi connectivity index (χ1n) is 9.38. The van der Waals surface area contributed by atoms with Gasteiger partial charge in [-0.05, 0) is 26.7 Å². The van der Waals surface area contributed by atoms with Crippen LogP contribution in [0.1, 0.15) is 42.9 Å². The molecule has 154 valence electrons. The normalized spacial score (nSPS) is 16.5. The van der Waals surface area contributed by atoms with E-state index in [1.807, 2.05) is 24.0 Å². The number of halogens is 3. The first-order chi connectivity index (χ1) is 13.9. The molecular formula is C18H21F3N8. The van der Waals surface area contributed by atoms with Crippen LogP contribution in [0.5, 0.6) is 0 Å². The number of rotatable bonds is 5. The summed E-state index contributed by atoms with van der Waals surface area (Å²) < 4.78 is 43.4. The highest BCUT2D eigenvalue weighted by Gasteiger charge is 2.35. The predicted molar refractivity (Wildman–Crippen MR) is 101 cm³/mol. The van der Waals surface area contributed by atoms with Crippen LogP contribution in [-0.4, -0.2) is 35.8 Å². The van der Waals surface area contributed by atoms with Gasteiger partial charge in [0.1, 0.15) is 23.2 Å². The van der Waals surface area contributed by atoms with Crippen molar-refractivity contribution in [1.82, 2.24) is 29.3 Å². The molecule has 4 rings (SSSR count). The molecular weight excluding hydrogens is 385 g/mol. The van der Waals surface area contributed by atoms with Gasteiger partial charge in [-0.3, -0.25) is 4.68 Å². The Kier molecular flexibility index (Phi) is 4.89. The molecule has 1 aliphatic heterocycles. The second-order valence-corrected chi connectivity index (χ2v) is 6.85. The van der Waals surface area contributed by atoms with Crippen molar-refractivity contribution < 1.29 is 13.2 Å². The molecule has 0 spiro atoms. The van der Waals surface area contributed by atoms with Crippen LogP contribution in [0.2, 0.25) is 0 Å². The maximum atomic E-state index is 13.1. The first kappa shape index (κ1) is 19.2. The minimum Gasteiger partial charge on any atom is -0.370 e. The van der Waals surface area contributed by atoms with Crippen LogP contribution < -0.4 is 10.6 Å². The van der Waals surface area contributed by atoms with Crippen LogP contribution in [0.4, 0.5) is 30.6 Å². The Morgan fingerprint density at radius 2 is 2.10 bits per heavy atom. The van der Waals surface area contributed by atoms with E-state index in [-0.39, 0.29) is 17.8 Å². The van der Waals surface area contributed by atoms with E-state index in [1.54, 1.807) is 13.1 Å². The number of aryl methyl sites for hydroxylation is 2. The summed E-state index contributed by atoms with van der Waals surface area (Å²) in [6.45, 7) is 4.77. The lowest BCUT2D eigenvalue weighted by molar-refractivity contribution is -0.137. The van der Waals surface area contributed by atoms with Gasteiger partial charge < -0.3 is 15.2 Å². The quantitative estimate of drug-likeness (QED) is 0.671. The molecule has 1 atom stereocenters. The average Bonchev–Trinajstić information content (AvgIpc) is 3.28. The number of hydrogen-bond donors (Lipinski definition) is 2. The molecule has 11 heteroatoms. The largest absolute Gasteiger partial charge is 0.421 e. The Labute approximate surface area is 165 Å². The molecule has 29 heavy (non-hydrogen) atoms. The summed E-state index contributed by atoms with van der Waals surface area (Å²) in [5, 5.41) is 10.2. The van der Waals surface area contributed by atoms with Crippen molar-refractivity contribution in [2.75, 3.05) is 17.2 Å². The number of anilines is 3. The van der Waals surface area contributed by atoms with Crippen molar-refractivity contribution in [3.8, 4) is 0 Å². The SMILES string of the molecule is CCNc1nc(Nc2cn([C@@H]3CCCn4ccnc43)nc2C)ncc1C(F)(F)F. The van der Waals surface area contributed by atoms with Crippen molar-refractivity contribution in [3.63, 3.8) is 0 Å². The fourth-order valence-corrected chi connectivity index (χ4v) is 3.48. The zero-order valence-corrected chi connectivity index (χ0v) is 16.0. The van der Waals surface area contributed by atoms with E-state index in [9.17, 15) is 13.2 Å². The molecule has 0 unspecified atom stereocenters. The van der Waals surface area contributed by atoms with Crippen LogP contribution >= 0.6 is 0 Å². The Hall–Kier alpha value is -3.11. The minimum atomic E-state index is -4.53. The average molecular weight is 406 g/mol. The van der Waals surface area contributed by atoms with E-state index < -0.39 is 11.7 Å². The molecule has 0 bridgehead atoms. The van der Waals surface area contributed by atoms with Crippen LogP contribution in [-0.2, 0) is 12.7 Å². The van der Waals surface area contributed by atoms with E-state index in [4.69, 9.17) is 0 Å². The minimum absolute atomic E-state index is 0.0128. The number of fused-ring (bicyclic) bond motifs is 1. The van der Waals surface area contributed by atoms with Crippen molar-refractivity contribution in [1.29, 1.82) is 0 Å². The first-order valence-corrected chi connectivity index (χ1v) is 9.38. The lowest BCUT2D eigenvalue weighted by Crippen LogP contribution is -2.22. The number of nitrogens with one attached hydrogen (secondary N) is 2. The summed E-state index contributed by atoms with van der Waals surface area (Å²) in [4.78, 5) is 12.3. The molecule has 0 saturated carbocycles. The maximum absolute atomic E-state index is 13.1. The molecule has 0 amide bonds. The van der Waals surface area contributed by atoms with Gasteiger partial charge in [0.25, 0.3) is 0 Å². The highest BCUT2D eigenvalue weighted by molar-refractivity contribution is 5.58. The maximum Gasteiger partial charge on any atom is 0.421 e. The third kappa shape index (κ3) is 3.76. The predicted octanol–water partition coefficient (Wildman–Crippen LogP) is 3.76. The third-order valence-corrected chi connectivity index (χ3v) is 4.84. The molecule has 3 aromatic rings. The standard InChI is InChI=1S/C18H21F3N8/c1-3-22-15-12(18(19,20)21)9-24-17(26-15)25-13-10-29(27-11(13)2)14-5-4-7-28-8-6-23-16(14)28/h6,8-10,14H,3-5,7H2,1-2H3,(H2,22,24,25,26)/t14-/m1/s1. The number of alkyl halides is 3. The second-order valence-electron chi connectivity index (χ2n) is 6.85. The lowest BCUT2D eigenvalue weighted by Gasteiger charge is -2.23. The van der Waals surface area contributed by atoms with E-state index in [2.05, 4.69) is 35.3 Å². The smallest absolute Gasteiger partial charge is 0.370 e. The fraction of sp³-hybridized carbons (Fsp3) is 0.444. The van der Waals surface area contributed by atoms with Crippen molar-refractivity contribution in [2.45, 2.75) is 45.5 Å². The van der Waals surface area contributed by atoms with Crippen LogP contribution in [0.25, 0.3) is 0 Å². The van der Waals surface area contributed by atoms with E-state index >= 15 is 0 Å². The number of nitrogens with zero attached hydrogens (tertiary/aromatic N) is 6. The summed E-state index contributed by atoms with van der Waals surface area (Å²) in [7, 11) is 0. The Balaban J connectivity index is 1.61. The number of hydrogen-bond acceptors (Lipinski definition) is 6. The van der Waals surface area contributed by atoms with Gasteiger partial charge in [-0.15, -0.1) is 0 Å². The van der Waals surface area contributed by atoms with E-state index in [1.165, 1.54) is 0 Å². The van der Waals surface area contributed by atoms with Crippen molar-refractivity contribution in [3.05, 3.63) is 41.9 Å². The molecule has 0 aromatic carbocycles. The highest BCUT2D eigenvalue weighted by Crippen LogP contribution is 2.34. The van der Waals surface area contributed by atoms with Gasteiger partial charge in [0.05, 0.1) is 11.4 Å². The molecule has 3 aromatic heterocycles. The van der Waals surface area contributed by atoms with Crippen molar-refractivity contribution >= 4 is 17.5 Å². The second kappa shape index (κ2) is 7.37. The topological polar surface area (TPSA) is 85.5 Å². The van der Waals surface area contributed by atoms with Crippen LogP contribution in [0, 0.1) is 6.92 Å². The number of aromatic nitrogens is 6. The summed E-state index contributed by atoms with van der Waals surface area (Å²) >= 11 is 0. The van der Waals surface area contributed by atoms with Gasteiger partial charge in [0, 0.05) is 37.9 Å². The van der Waals surface area contributed by atoms with Gasteiger partial charge in [-0.25, -0.2) is 9.97 Å². The molecule has 0 fully saturated rings. The Bertz CT molecular complexity index is 1010. The van der Waals surface area contributed by atoms with E-state index in [0.29, 0.717) is 17.9 Å². The molecule has 0 radical (unpaired) electrons. The van der Waals surface area contributed by atoms with Gasteiger partial charge in [0.2, 0.25) is 5.95 Å². The molecule has 0 saturated heterocycles. The zero-order valence-electron chi connectivity index (χ0n) is 16.0. The van der Waals surface area contributed by atoms with E-state index in [0.717, 1.165) is 31.4 Å². The summed E-state index contributed by atoms with van der Waals surface area (Å²) in [6, 6.07) is 0.0128. The molecule has 2 N–H and O–H groups in total. The van der Waals surface area contributed by atoms with Crippen molar-refractivity contribution in [2.24, 2.45) is 0 Å². The van der Waals surface area contributed by atoms with Gasteiger partial charge >= 0.3 is 6.18 Å². The summed E-state index contributed by atoms with van der Waals surface area (Å²) in [5.74, 6) is 0.768. The zero-order chi connectivity index (χ0) is 20.6. The Morgan fingerprint density at radius 1 is 1.28 bits per heavy atom. The van der Waals surface area contributed by atoms with Crippen LogP contribution in [0.3, 0.4) is 0 Å². The van der Waals surface area contributed by atoms with Gasteiger partial charge in [-0.1, -0.05) is 0 Å². The Morgan fingerprint density at radius 3 is 2.86 bits per heavy atom. The molecule has 1 aliphatic rings. The number of imidazole rings is 1. The summed E-state index contributed by atoms with van der Waals surface area (Å²) in [5.41, 5.74) is 0.435. The monoisotopic (exact) mass is 406 g/mol. The fourth-order valence-electron chi connectivity index (χ4n) is 3.48. The third-order valence-electron chi connectivity index (χ3n) is 4.84. The molecule has 8 nitrogen and oxygen atoms in total. The van der Waals surface area contributed by atoms with Gasteiger partial charge in [0.15, 0.2) is 0 Å². The highest BCUT2D eigenvalue weighted by atomic mass is 19.4. The molecule has 0 aliphatic carbocycles. The van der Waals surface area contributed by atoms with Crippen LogP contribution in [0.15, 0.2) is 24.8 Å². The molecule has 4 heterocycles. The lowest BCUT2D eigenvalue weighted by atomic mass is 10.1.